The molecule has 4 rings (SSSR count). The molecule has 7 nitrogen and oxygen atoms in total. The van der Waals surface area contributed by atoms with Crippen molar-refractivity contribution in [1.29, 1.82) is 0 Å². The maximum atomic E-state index is 14.0. The first-order valence-corrected chi connectivity index (χ1v) is 14.6. The third-order valence-electron chi connectivity index (χ3n) is 5.33. The summed E-state index contributed by atoms with van der Waals surface area (Å²) in [5, 5.41) is 3.85. The first kappa shape index (κ1) is 27.4. The molecule has 1 aliphatic rings. The molecular weight excluding hydrogens is 562 g/mol. The van der Waals surface area contributed by atoms with Crippen LogP contribution in [0.4, 0.5) is 10.1 Å². The lowest BCUT2D eigenvalue weighted by molar-refractivity contribution is -0.119. The van der Waals surface area contributed by atoms with Crippen LogP contribution in [0.5, 0.6) is 11.5 Å². The van der Waals surface area contributed by atoms with Crippen LogP contribution >= 0.6 is 35.0 Å². The maximum absolute atomic E-state index is 14.0. The second-order valence-corrected chi connectivity index (χ2v) is 11.7. The summed E-state index contributed by atoms with van der Waals surface area (Å²) in [6, 6.07) is 14.5. The second kappa shape index (κ2) is 12.3. The van der Waals surface area contributed by atoms with Crippen LogP contribution in [0, 0.1) is 5.82 Å². The van der Waals surface area contributed by atoms with Crippen molar-refractivity contribution in [3.63, 3.8) is 0 Å². The molecule has 0 unspecified atom stereocenters. The van der Waals surface area contributed by atoms with Gasteiger partial charge in [0.15, 0.2) is 11.5 Å². The van der Waals surface area contributed by atoms with E-state index < -0.39 is 28.3 Å². The van der Waals surface area contributed by atoms with E-state index in [1.165, 1.54) is 36.4 Å². The van der Waals surface area contributed by atoms with Crippen LogP contribution in [0.25, 0.3) is 0 Å². The Bertz CT molecular complexity index is 1390. The van der Waals surface area contributed by atoms with E-state index in [-0.39, 0.29) is 22.9 Å². The minimum Gasteiger partial charge on any atom is -0.486 e. The normalized spacial score (nSPS) is 12.7. The number of fused-ring (bicyclic) bond motifs is 1. The number of sulfonamides is 1. The molecule has 0 atom stereocenters. The van der Waals surface area contributed by atoms with Gasteiger partial charge in [-0.25, -0.2) is 12.8 Å². The zero-order valence-electron chi connectivity index (χ0n) is 19.5. The van der Waals surface area contributed by atoms with Gasteiger partial charge in [-0.2, -0.15) is 11.8 Å². The molecule has 196 valence electrons. The van der Waals surface area contributed by atoms with Gasteiger partial charge in [-0.05, 0) is 48.0 Å². The Morgan fingerprint density at radius 3 is 2.57 bits per heavy atom. The number of nitrogens with zero attached hydrogens (tertiary/aromatic N) is 1. The topological polar surface area (TPSA) is 84.9 Å². The molecule has 0 bridgehead atoms. The van der Waals surface area contributed by atoms with Crippen molar-refractivity contribution in [3.05, 3.63) is 82.1 Å². The van der Waals surface area contributed by atoms with Crippen molar-refractivity contribution < 1.29 is 27.1 Å². The van der Waals surface area contributed by atoms with Crippen LogP contribution in [-0.4, -0.2) is 46.4 Å². The fourth-order valence-corrected chi connectivity index (χ4v) is 6.37. The molecule has 0 saturated carbocycles. The molecular formula is C25H23Cl2FN2O5S2. The summed E-state index contributed by atoms with van der Waals surface area (Å²) in [6.45, 7) is 0.415. The Labute approximate surface area is 228 Å². The largest absolute Gasteiger partial charge is 0.486 e. The standard InChI is InChI=1S/C25H23Cl2FN2O5S2/c26-18-5-4-17(22(27)12-18)16-36-11-8-29-25(31)15-30(20-3-1-2-19(28)13-20)37(32,33)21-6-7-23-24(14-21)35-10-9-34-23/h1-7,12-14H,8-11,15-16H2,(H,29,31). The quantitative estimate of drug-likeness (QED) is 0.332. The number of ether oxygens (including phenoxy) is 2. The van der Waals surface area contributed by atoms with Gasteiger partial charge in [0.2, 0.25) is 5.91 Å². The summed E-state index contributed by atoms with van der Waals surface area (Å²) in [4.78, 5) is 12.6. The summed E-state index contributed by atoms with van der Waals surface area (Å²) in [5.41, 5.74) is 0.946. The predicted molar refractivity (Wildman–Crippen MR) is 144 cm³/mol. The van der Waals surface area contributed by atoms with Gasteiger partial charge in [0.25, 0.3) is 10.0 Å². The van der Waals surface area contributed by atoms with E-state index in [1.54, 1.807) is 23.9 Å². The van der Waals surface area contributed by atoms with Gasteiger partial charge in [-0.3, -0.25) is 9.10 Å². The van der Waals surface area contributed by atoms with Gasteiger partial charge < -0.3 is 14.8 Å². The Kier molecular flexibility index (Phi) is 9.07. The molecule has 0 saturated heterocycles. The van der Waals surface area contributed by atoms with Crippen molar-refractivity contribution in [2.75, 3.05) is 36.4 Å². The Morgan fingerprint density at radius 1 is 1.03 bits per heavy atom. The van der Waals surface area contributed by atoms with Gasteiger partial charge >= 0.3 is 0 Å². The minimum atomic E-state index is -4.24. The minimum absolute atomic E-state index is 0.0248. The Balaban J connectivity index is 1.43. The summed E-state index contributed by atoms with van der Waals surface area (Å²) in [6.07, 6.45) is 0. The third kappa shape index (κ3) is 7.01. The smallest absolute Gasteiger partial charge is 0.264 e. The third-order valence-corrected chi connectivity index (χ3v) is 8.69. The van der Waals surface area contributed by atoms with Crippen LogP contribution in [0.15, 0.2) is 65.6 Å². The fourth-order valence-electron chi connectivity index (χ4n) is 3.53. The average molecular weight is 586 g/mol. The average Bonchev–Trinajstić information content (AvgIpc) is 2.87. The molecule has 0 spiro atoms. The highest BCUT2D eigenvalue weighted by molar-refractivity contribution is 7.98. The highest BCUT2D eigenvalue weighted by Crippen LogP contribution is 2.34. The van der Waals surface area contributed by atoms with E-state index in [0.29, 0.717) is 40.5 Å². The molecule has 1 aliphatic heterocycles. The Morgan fingerprint density at radius 2 is 1.81 bits per heavy atom. The molecule has 37 heavy (non-hydrogen) atoms. The first-order valence-electron chi connectivity index (χ1n) is 11.2. The maximum Gasteiger partial charge on any atom is 0.264 e. The van der Waals surface area contributed by atoms with E-state index >= 15 is 0 Å². The molecule has 1 heterocycles. The molecule has 1 N–H and O–H groups in total. The number of carbonyl (C=O) groups excluding carboxylic acids is 1. The van der Waals surface area contributed by atoms with Gasteiger partial charge in [0, 0.05) is 34.2 Å². The number of hydrogen-bond donors (Lipinski definition) is 1. The van der Waals surface area contributed by atoms with Crippen LogP contribution in [0.3, 0.4) is 0 Å². The zero-order chi connectivity index (χ0) is 26.4. The lowest BCUT2D eigenvalue weighted by Gasteiger charge is -2.25. The molecule has 0 aliphatic carbocycles. The highest BCUT2D eigenvalue weighted by Gasteiger charge is 2.29. The van der Waals surface area contributed by atoms with Crippen LogP contribution in [0.2, 0.25) is 10.0 Å². The number of carbonyl (C=O) groups is 1. The van der Waals surface area contributed by atoms with Gasteiger partial charge in [0.05, 0.1) is 10.6 Å². The number of amides is 1. The van der Waals surface area contributed by atoms with E-state index in [4.69, 9.17) is 32.7 Å². The monoisotopic (exact) mass is 584 g/mol. The molecule has 1 amide bonds. The molecule has 3 aromatic rings. The molecule has 3 aromatic carbocycles. The number of halogens is 3. The van der Waals surface area contributed by atoms with E-state index in [0.717, 1.165) is 15.9 Å². The second-order valence-electron chi connectivity index (χ2n) is 7.94. The van der Waals surface area contributed by atoms with Crippen molar-refractivity contribution in [2.24, 2.45) is 0 Å². The lowest BCUT2D eigenvalue weighted by Crippen LogP contribution is -2.41. The summed E-state index contributed by atoms with van der Waals surface area (Å²) in [7, 11) is -4.24. The molecule has 0 radical (unpaired) electrons. The van der Waals surface area contributed by atoms with Crippen molar-refractivity contribution in [1.82, 2.24) is 5.32 Å². The number of hydrogen-bond acceptors (Lipinski definition) is 6. The number of rotatable bonds is 10. The van der Waals surface area contributed by atoms with Crippen molar-refractivity contribution >= 4 is 56.6 Å². The van der Waals surface area contributed by atoms with E-state index in [2.05, 4.69) is 5.32 Å². The fraction of sp³-hybridized carbons (Fsp3) is 0.240. The lowest BCUT2D eigenvalue weighted by atomic mass is 10.2. The number of benzene rings is 3. The summed E-state index contributed by atoms with van der Waals surface area (Å²) in [5.74, 6) is 0.749. The molecule has 0 aromatic heterocycles. The van der Waals surface area contributed by atoms with Gasteiger partial charge in [-0.1, -0.05) is 35.3 Å². The highest BCUT2D eigenvalue weighted by atomic mass is 35.5. The van der Waals surface area contributed by atoms with Crippen LogP contribution < -0.4 is 19.1 Å². The first-order chi connectivity index (χ1) is 17.7. The molecule has 12 heteroatoms. The number of nitrogens with one attached hydrogen (secondary N) is 1. The van der Waals surface area contributed by atoms with Crippen molar-refractivity contribution in [2.45, 2.75) is 10.6 Å². The van der Waals surface area contributed by atoms with Crippen LogP contribution in [-0.2, 0) is 20.6 Å². The molecule has 0 fully saturated rings. The number of thioether (sulfide) groups is 1. The van der Waals surface area contributed by atoms with Crippen molar-refractivity contribution in [3.8, 4) is 11.5 Å². The summed E-state index contributed by atoms with van der Waals surface area (Å²) >= 11 is 13.6. The zero-order valence-corrected chi connectivity index (χ0v) is 22.6. The number of anilines is 1. The van der Waals surface area contributed by atoms with E-state index in [9.17, 15) is 17.6 Å². The van der Waals surface area contributed by atoms with Crippen LogP contribution in [0.1, 0.15) is 5.56 Å². The van der Waals surface area contributed by atoms with Gasteiger partial charge in [-0.15, -0.1) is 0 Å². The summed E-state index contributed by atoms with van der Waals surface area (Å²) < 4.78 is 52.9. The van der Waals surface area contributed by atoms with Gasteiger partial charge in [0.1, 0.15) is 25.6 Å². The predicted octanol–water partition coefficient (Wildman–Crippen LogP) is 5.15. The SMILES string of the molecule is O=C(CN(c1cccc(F)c1)S(=O)(=O)c1ccc2c(c1)OCCO2)NCCSCc1ccc(Cl)cc1Cl. The van der Waals surface area contributed by atoms with E-state index in [1.807, 2.05) is 6.07 Å². The Hall–Kier alpha value is -2.66.